The Kier molecular flexibility index (Phi) is 3.66. The maximum atomic E-state index is 2.46. The van der Waals surface area contributed by atoms with Crippen molar-refractivity contribution in [1.82, 2.24) is 0 Å². The van der Waals surface area contributed by atoms with Crippen molar-refractivity contribution in [2.75, 3.05) is 4.90 Å². The summed E-state index contributed by atoms with van der Waals surface area (Å²) in [7, 11) is 0. The van der Waals surface area contributed by atoms with Crippen molar-refractivity contribution in [2.45, 2.75) is 18.3 Å². The van der Waals surface area contributed by atoms with Crippen LogP contribution < -0.4 is 4.90 Å². The molecule has 0 N–H and O–H groups in total. The molecule has 152 valence electrons. The number of nitrogens with zero attached hydrogens (tertiary/aromatic N) is 1. The van der Waals surface area contributed by atoms with Crippen molar-refractivity contribution in [3.63, 3.8) is 0 Å². The molecule has 0 radical (unpaired) electrons. The van der Waals surface area contributed by atoms with Gasteiger partial charge in [0.25, 0.3) is 0 Å². The molecule has 4 aromatic carbocycles. The minimum Gasteiger partial charge on any atom is -0.310 e. The molecule has 4 aromatic rings. The Hall–Kier alpha value is -3.84. The summed E-state index contributed by atoms with van der Waals surface area (Å²) < 4.78 is 0. The second kappa shape index (κ2) is 6.58. The van der Waals surface area contributed by atoms with Gasteiger partial charge in [-0.3, -0.25) is 0 Å². The highest BCUT2D eigenvalue weighted by Gasteiger charge is 2.52. The van der Waals surface area contributed by atoms with Crippen molar-refractivity contribution in [3.8, 4) is 0 Å². The molecule has 0 fully saturated rings. The van der Waals surface area contributed by atoms with Gasteiger partial charge in [0.2, 0.25) is 0 Å². The largest absolute Gasteiger partial charge is 0.310 e. The highest BCUT2D eigenvalue weighted by atomic mass is 15.2. The van der Waals surface area contributed by atoms with Crippen LogP contribution in [-0.2, 0) is 5.41 Å². The number of benzene rings is 4. The first-order chi connectivity index (χ1) is 15.9. The zero-order valence-corrected chi connectivity index (χ0v) is 17.8. The molecule has 3 aliphatic rings. The number of rotatable bonds is 2. The monoisotopic (exact) mass is 409 g/mol. The molecular weight excluding hydrogens is 386 g/mol. The van der Waals surface area contributed by atoms with Crippen LogP contribution in [-0.4, -0.2) is 0 Å². The summed E-state index contributed by atoms with van der Waals surface area (Å²) in [5, 5.41) is 0. The average Bonchev–Trinajstić information content (AvgIpc) is 3.18. The van der Waals surface area contributed by atoms with Gasteiger partial charge in [0.15, 0.2) is 0 Å². The van der Waals surface area contributed by atoms with Crippen LogP contribution >= 0.6 is 0 Å². The predicted octanol–water partition coefficient (Wildman–Crippen LogP) is 7.92. The fraction of sp³-hybridized carbons (Fsp3) is 0.0968. The molecule has 0 saturated carbocycles. The lowest BCUT2D eigenvalue weighted by molar-refractivity contribution is 0.742. The molecule has 1 heteroatoms. The molecule has 1 aliphatic heterocycles. The fourth-order valence-corrected chi connectivity index (χ4v) is 6.20. The number of hydrogen-bond acceptors (Lipinski definition) is 1. The van der Waals surface area contributed by atoms with Gasteiger partial charge in [-0.2, -0.15) is 0 Å². The summed E-state index contributed by atoms with van der Waals surface area (Å²) in [5.74, 6) is 0. The van der Waals surface area contributed by atoms with E-state index in [9.17, 15) is 0 Å². The van der Waals surface area contributed by atoms with Crippen molar-refractivity contribution < 1.29 is 0 Å². The van der Waals surface area contributed by atoms with Gasteiger partial charge in [-0.15, -0.1) is 0 Å². The number of allylic oxidation sites excluding steroid dienone is 4. The molecule has 1 nitrogen and oxygen atoms in total. The minimum atomic E-state index is -0.276. The van der Waals surface area contributed by atoms with E-state index in [-0.39, 0.29) is 5.41 Å². The number of hydrogen-bond donors (Lipinski definition) is 0. The first-order valence-electron chi connectivity index (χ1n) is 11.4. The third-order valence-corrected chi connectivity index (χ3v) is 7.33. The molecule has 32 heavy (non-hydrogen) atoms. The molecule has 0 amide bonds. The predicted molar refractivity (Wildman–Crippen MR) is 133 cm³/mol. The Morgan fingerprint density at radius 1 is 0.656 bits per heavy atom. The van der Waals surface area contributed by atoms with E-state index in [1.54, 1.807) is 0 Å². The van der Waals surface area contributed by atoms with Crippen molar-refractivity contribution in [3.05, 3.63) is 143 Å². The van der Waals surface area contributed by atoms with Crippen molar-refractivity contribution in [2.24, 2.45) is 0 Å². The summed E-state index contributed by atoms with van der Waals surface area (Å²) in [6.07, 6.45) is 6.98. The fourth-order valence-electron chi connectivity index (χ4n) is 6.20. The van der Waals surface area contributed by atoms with E-state index >= 15 is 0 Å². The van der Waals surface area contributed by atoms with Gasteiger partial charge < -0.3 is 4.90 Å². The number of fused-ring (bicyclic) bond motifs is 4. The zero-order valence-electron chi connectivity index (χ0n) is 17.8. The number of para-hydroxylation sites is 2. The van der Waals surface area contributed by atoms with Crippen LogP contribution in [0.4, 0.5) is 17.1 Å². The van der Waals surface area contributed by atoms with E-state index in [1.165, 1.54) is 50.5 Å². The first-order valence-corrected chi connectivity index (χ1v) is 11.4. The van der Waals surface area contributed by atoms with Crippen LogP contribution in [0.2, 0.25) is 0 Å². The van der Waals surface area contributed by atoms with Gasteiger partial charge in [-0.25, -0.2) is 0 Å². The van der Waals surface area contributed by atoms with Gasteiger partial charge in [0.05, 0.1) is 16.8 Å². The maximum absolute atomic E-state index is 2.46. The lowest BCUT2D eigenvalue weighted by Gasteiger charge is -2.45. The van der Waals surface area contributed by atoms with E-state index in [2.05, 4.69) is 120 Å². The molecule has 0 spiro atoms. The van der Waals surface area contributed by atoms with E-state index in [0.29, 0.717) is 0 Å². The maximum Gasteiger partial charge on any atom is 0.0751 e. The van der Waals surface area contributed by atoms with Crippen LogP contribution in [0.15, 0.2) is 121 Å². The first kappa shape index (κ1) is 17.8. The van der Waals surface area contributed by atoms with Crippen molar-refractivity contribution in [1.29, 1.82) is 0 Å². The molecule has 1 heterocycles. The zero-order chi connectivity index (χ0) is 21.1. The second-order valence-corrected chi connectivity index (χ2v) is 8.84. The average molecular weight is 410 g/mol. The Morgan fingerprint density at radius 2 is 1.38 bits per heavy atom. The molecule has 1 atom stereocenters. The lowest BCUT2D eigenvalue weighted by atomic mass is 9.63. The summed E-state index contributed by atoms with van der Waals surface area (Å²) in [6.45, 7) is 0. The van der Waals surface area contributed by atoms with Gasteiger partial charge in [0.1, 0.15) is 0 Å². The van der Waals surface area contributed by atoms with Gasteiger partial charge >= 0.3 is 0 Å². The van der Waals surface area contributed by atoms with Gasteiger partial charge in [-0.1, -0.05) is 91.0 Å². The standard InChI is InChI=1S/C31H23N/c1-3-12-22(13-4-1)31-26-18-8-7-16-24(26)25-17-11-21-29(30(25)31)32(23-14-5-2-6-15-23)28-20-10-9-19-27(28)31/h1-6,8-15,17-21H,7,16H2. The third kappa shape index (κ3) is 2.13. The molecule has 2 aliphatic carbocycles. The third-order valence-electron chi connectivity index (χ3n) is 7.33. The highest BCUT2D eigenvalue weighted by Crippen LogP contribution is 2.64. The van der Waals surface area contributed by atoms with Gasteiger partial charge in [-0.05, 0) is 64.9 Å². The summed E-state index contributed by atoms with van der Waals surface area (Å²) in [4.78, 5) is 2.46. The summed E-state index contributed by atoms with van der Waals surface area (Å²) in [6, 6.07) is 37.8. The normalized spacial score (nSPS) is 20.1. The molecule has 0 aromatic heterocycles. The highest BCUT2D eigenvalue weighted by molar-refractivity contribution is 5.99. The van der Waals surface area contributed by atoms with Crippen LogP contribution in [0.5, 0.6) is 0 Å². The Bertz CT molecular complexity index is 1410. The Morgan fingerprint density at radius 3 is 2.22 bits per heavy atom. The van der Waals surface area contributed by atoms with Crippen LogP contribution in [0.3, 0.4) is 0 Å². The van der Waals surface area contributed by atoms with Crippen molar-refractivity contribution >= 4 is 22.6 Å². The molecule has 0 bridgehead atoms. The van der Waals surface area contributed by atoms with Crippen LogP contribution in [0.25, 0.3) is 5.57 Å². The molecule has 7 rings (SSSR count). The number of anilines is 3. The van der Waals surface area contributed by atoms with E-state index in [4.69, 9.17) is 0 Å². The Labute approximate surface area is 189 Å². The molecule has 1 unspecified atom stereocenters. The molecular formula is C31H23N. The van der Waals surface area contributed by atoms with Crippen LogP contribution in [0.1, 0.15) is 35.1 Å². The topological polar surface area (TPSA) is 3.24 Å². The van der Waals surface area contributed by atoms with E-state index in [0.717, 1.165) is 12.8 Å². The van der Waals surface area contributed by atoms with Crippen LogP contribution in [0, 0.1) is 0 Å². The summed E-state index contributed by atoms with van der Waals surface area (Å²) >= 11 is 0. The lowest BCUT2D eigenvalue weighted by Crippen LogP contribution is -2.36. The second-order valence-electron chi connectivity index (χ2n) is 8.84. The quantitative estimate of drug-likeness (QED) is 0.325. The summed E-state index contributed by atoms with van der Waals surface area (Å²) in [5.41, 5.74) is 12.0. The minimum absolute atomic E-state index is 0.276. The SMILES string of the molecule is C1=CC2=C(CC1)c1cccc3c1C2(c1ccccc1)c1ccccc1N3c1ccccc1. The van der Waals surface area contributed by atoms with E-state index in [1.807, 2.05) is 0 Å². The van der Waals surface area contributed by atoms with E-state index < -0.39 is 0 Å². The smallest absolute Gasteiger partial charge is 0.0751 e. The van der Waals surface area contributed by atoms with Gasteiger partial charge in [0, 0.05) is 11.3 Å². The Balaban J connectivity index is 1.67. The molecule has 0 saturated heterocycles.